The van der Waals surface area contributed by atoms with Crippen molar-refractivity contribution in [3.05, 3.63) is 30.1 Å². The molecular formula is C13H19N5. The molecule has 2 aromatic heterocycles. The third-order valence-electron chi connectivity index (χ3n) is 2.38. The first kappa shape index (κ1) is 12.4. The molecule has 0 aliphatic rings. The lowest BCUT2D eigenvalue weighted by Gasteiger charge is -2.20. The van der Waals surface area contributed by atoms with Gasteiger partial charge in [0.25, 0.3) is 0 Å². The number of hydrogen-bond acceptors (Lipinski definition) is 2. The van der Waals surface area contributed by atoms with Gasteiger partial charge in [0, 0.05) is 17.1 Å². The summed E-state index contributed by atoms with van der Waals surface area (Å²) < 4.78 is 0. The van der Waals surface area contributed by atoms with Crippen LogP contribution in [0.2, 0.25) is 0 Å². The van der Waals surface area contributed by atoms with Gasteiger partial charge in [-0.3, -0.25) is 0 Å². The minimum atomic E-state index is -0.0789. The van der Waals surface area contributed by atoms with Gasteiger partial charge in [-0.1, -0.05) is 0 Å². The highest BCUT2D eigenvalue weighted by atomic mass is 15.1. The minimum absolute atomic E-state index is 0.0789. The number of aromatic nitrogens is 2. The fourth-order valence-electron chi connectivity index (χ4n) is 1.65. The van der Waals surface area contributed by atoms with E-state index in [0.29, 0.717) is 12.5 Å². The average molecular weight is 245 g/mol. The summed E-state index contributed by atoms with van der Waals surface area (Å²) in [6.45, 7) is 6.60. The molecule has 0 amide bonds. The van der Waals surface area contributed by atoms with Gasteiger partial charge in [-0.25, -0.2) is 9.98 Å². The largest absolute Gasteiger partial charge is 0.370 e. The Bertz CT molecular complexity index is 562. The van der Waals surface area contributed by atoms with E-state index in [0.717, 1.165) is 16.7 Å². The first-order chi connectivity index (χ1) is 8.44. The van der Waals surface area contributed by atoms with Crippen LogP contribution in [0, 0.1) is 0 Å². The fourth-order valence-corrected chi connectivity index (χ4v) is 1.65. The fraction of sp³-hybridized carbons (Fsp3) is 0.385. The van der Waals surface area contributed by atoms with E-state index in [1.807, 2.05) is 45.2 Å². The molecule has 0 fully saturated rings. The molecule has 0 atom stereocenters. The summed E-state index contributed by atoms with van der Waals surface area (Å²) in [5.41, 5.74) is 7.50. The number of aliphatic imine (C=N–C) groups is 1. The van der Waals surface area contributed by atoms with E-state index in [9.17, 15) is 0 Å². The van der Waals surface area contributed by atoms with Gasteiger partial charge < -0.3 is 16.0 Å². The van der Waals surface area contributed by atoms with Gasteiger partial charge in [-0.05, 0) is 39.0 Å². The van der Waals surface area contributed by atoms with E-state index in [1.165, 1.54) is 0 Å². The molecule has 2 heterocycles. The van der Waals surface area contributed by atoms with Crippen molar-refractivity contribution in [2.45, 2.75) is 32.9 Å². The number of guanidine groups is 1. The number of hydrogen-bond donors (Lipinski definition) is 3. The van der Waals surface area contributed by atoms with E-state index in [2.05, 4.69) is 20.3 Å². The van der Waals surface area contributed by atoms with Crippen LogP contribution in [0.3, 0.4) is 0 Å². The monoisotopic (exact) mass is 245 g/mol. The predicted molar refractivity (Wildman–Crippen MR) is 74.3 cm³/mol. The maximum atomic E-state index is 5.80. The maximum Gasteiger partial charge on any atom is 0.189 e. The molecule has 2 rings (SSSR count). The van der Waals surface area contributed by atoms with Gasteiger partial charge in [0.05, 0.1) is 12.2 Å². The smallest absolute Gasteiger partial charge is 0.189 e. The summed E-state index contributed by atoms with van der Waals surface area (Å²) in [6.07, 6.45) is 1.88. The van der Waals surface area contributed by atoms with Crippen molar-refractivity contribution in [3.63, 3.8) is 0 Å². The van der Waals surface area contributed by atoms with Crippen molar-refractivity contribution >= 4 is 17.0 Å². The number of aromatic amines is 1. The Morgan fingerprint density at radius 2 is 2.17 bits per heavy atom. The summed E-state index contributed by atoms with van der Waals surface area (Å²) >= 11 is 0. The van der Waals surface area contributed by atoms with Crippen molar-refractivity contribution < 1.29 is 0 Å². The molecule has 96 valence electrons. The molecule has 0 saturated heterocycles. The Kier molecular flexibility index (Phi) is 3.23. The zero-order chi connectivity index (χ0) is 13.2. The van der Waals surface area contributed by atoms with Crippen LogP contribution in [0.1, 0.15) is 26.5 Å². The first-order valence-electron chi connectivity index (χ1n) is 5.95. The SMILES string of the molecule is CC(C)(C)NC(N)=NCc1ccc2cc[nH]c2n1. The highest BCUT2D eigenvalue weighted by Crippen LogP contribution is 2.10. The number of nitrogens with zero attached hydrogens (tertiary/aromatic N) is 2. The van der Waals surface area contributed by atoms with E-state index in [1.54, 1.807) is 0 Å². The van der Waals surface area contributed by atoms with Gasteiger partial charge in [-0.2, -0.15) is 0 Å². The molecule has 0 aliphatic carbocycles. The Balaban J connectivity index is 2.07. The van der Waals surface area contributed by atoms with Gasteiger partial charge >= 0.3 is 0 Å². The second-order valence-corrected chi connectivity index (χ2v) is 5.29. The van der Waals surface area contributed by atoms with Crippen molar-refractivity contribution in [3.8, 4) is 0 Å². The van der Waals surface area contributed by atoms with Crippen molar-refractivity contribution in [2.24, 2.45) is 10.7 Å². The summed E-state index contributed by atoms with van der Waals surface area (Å²) in [5.74, 6) is 0.441. The van der Waals surface area contributed by atoms with Crippen LogP contribution >= 0.6 is 0 Å². The van der Waals surface area contributed by atoms with E-state index >= 15 is 0 Å². The quantitative estimate of drug-likeness (QED) is 0.557. The lowest BCUT2D eigenvalue weighted by atomic mass is 10.1. The second-order valence-electron chi connectivity index (χ2n) is 5.29. The molecule has 0 aromatic carbocycles. The van der Waals surface area contributed by atoms with Gasteiger partial charge in [-0.15, -0.1) is 0 Å². The molecular weight excluding hydrogens is 226 g/mol. The summed E-state index contributed by atoms with van der Waals surface area (Å²) in [6, 6.07) is 5.98. The van der Waals surface area contributed by atoms with Crippen LogP contribution in [0.4, 0.5) is 0 Å². The van der Waals surface area contributed by atoms with Gasteiger partial charge in [0.15, 0.2) is 5.96 Å². The van der Waals surface area contributed by atoms with E-state index in [-0.39, 0.29) is 5.54 Å². The molecule has 0 spiro atoms. The third kappa shape index (κ3) is 3.23. The second kappa shape index (κ2) is 4.68. The van der Waals surface area contributed by atoms with E-state index < -0.39 is 0 Å². The number of nitrogens with two attached hydrogens (primary N) is 1. The van der Waals surface area contributed by atoms with Gasteiger partial charge in [0.2, 0.25) is 0 Å². The van der Waals surface area contributed by atoms with Crippen molar-refractivity contribution in [1.82, 2.24) is 15.3 Å². The Morgan fingerprint density at radius 1 is 1.39 bits per heavy atom. The molecule has 0 radical (unpaired) electrons. The highest BCUT2D eigenvalue weighted by molar-refractivity contribution is 5.78. The Hall–Kier alpha value is -2.04. The normalized spacial score (nSPS) is 12.9. The molecule has 5 heteroatoms. The predicted octanol–water partition coefficient (Wildman–Crippen LogP) is 1.77. The first-order valence-corrected chi connectivity index (χ1v) is 5.95. The van der Waals surface area contributed by atoms with Crippen LogP contribution < -0.4 is 11.1 Å². The Labute approximate surface area is 107 Å². The molecule has 0 bridgehead atoms. The molecule has 0 aliphatic heterocycles. The summed E-state index contributed by atoms with van der Waals surface area (Å²) in [7, 11) is 0. The third-order valence-corrected chi connectivity index (χ3v) is 2.38. The standard InChI is InChI=1S/C13H19N5/c1-13(2,3)18-12(14)16-8-10-5-4-9-6-7-15-11(9)17-10/h4-7H,8H2,1-3H3,(H,15,17)(H3,14,16,18). The molecule has 18 heavy (non-hydrogen) atoms. The lowest BCUT2D eigenvalue weighted by molar-refractivity contribution is 0.508. The topological polar surface area (TPSA) is 79.1 Å². The zero-order valence-corrected chi connectivity index (χ0v) is 11.0. The van der Waals surface area contributed by atoms with Crippen LogP contribution in [-0.2, 0) is 6.54 Å². The number of fused-ring (bicyclic) bond motifs is 1. The van der Waals surface area contributed by atoms with Crippen molar-refractivity contribution in [2.75, 3.05) is 0 Å². The molecule has 2 aromatic rings. The number of H-pyrrole nitrogens is 1. The minimum Gasteiger partial charge on any atom is -0.370 e. The number of pyridine rings is 1. The molecule has 0 saturated carbocycles. The van der Waals surface area contributed by atoms with E-state index in [4.69, 9.17) is 5.73 Å². The van der Waals surface area contributed by atoms with Crippen LogP contribution in [0.15, 0.2) is 29.4 Å². The van der Waals surface area contributed by atoms with Crippen LogP contribution in [0.5, 0.6) is 0 Å². The lowest BCUT2D eigenvalue weighted by Crippen LogP contribution is -2.44. The van der Waals surface area contributed by atoms with Crippen LogP contribution in [-0.4, -0.2) is 21.5 Å². The summed E-state index contributed by atoms with van der Waals surface area (Å²) in [4.78, 5) is 11.8. The van der Waals surface area contributed by atoms with Gasteiger partial charge in [0.1, 0.15) is 5.65 Å². The summed E-state index contributed by atoms with van der Waals surface area (Å²) in [5, 5.41) is 4.21. The highest BCUT2D eigenvalue weighted by Gasteiger charge is 2.09. The Morgan fingerprint density at radius 3 is 2.89 bits per heavy atom. The average Bonchev–Trinajstić information content (AvgIpc) is 2.71. The molecule has 0 unspecified atom stereocenters. The maximum absolute atomic E-state index is 5.80. The number of rotatable bonds is 2. The van der Waals surface area contributed by atoms with Crippen LogP contribution in [0.25, 0.3) is 11.0 Å². The molecule has 4 N–H and O–H groups in total. The zero-order valence-electron chi connectivity index (χ0n) is 11.0. The number of nitrogens with one attached hydrogen (secondary N) is 2. The molecule has 5 nitrogen and oxygen atoms in total. The van der Waals surface area contributed by atoms with Crippen molar-refractivity contribution in [1.29, 1.82) is 0 Å².